The van der Waals surface area contributed by atoms with Gasteiger partial charge in [0.1, 0.15) is 6.10 Å². The van der Waals surface area contributed by atoms with Gasteiger partial charge in [0, 0.05) is 6.42 Å². The smallest absolute Gasteiger partial charge is 0.306 e. The summed E-state index contributed by atoms with van der Waals surface area (Å²) >= 11 is 0. The molecule has 0 saturated carbocycles. The lowest BCUT2D eigenvalue weighted by Crippen LogP contribution is -2.46. The Kier molecular flexibility index (Phi) is 53.5. The van der Waals surface area contributed by atoms with Crippen LogP contribution in [-0.2, 0) is 14.3 Å². The molecular formula is C62H113NO5. The minimum Gasteiger partial charge on any atom is -0.462 e. The third kappa shape index (κ3) is 50.0. The van der Waals surface area contributed by atoms with Gasteiger partial charge in [0.2, 0.25) is 5.91 Å². The van der Waals surface area contributed by atoms with Crippen LogP contribution in [0.2, 0.25) is 0 Å². The average molecular weight is 953 g/mol. The van der Waals surface area contributed by atoms with Crippen molar-refractivity contribution in [1.82, 2.24) is 5.32 Å². The van der Waals surface area contributed by atoms with E-state index in [1.54, 1.807) is 0 Å². The lowest BCUT2D eigenvalue weighted by Gasteiger charge is -2.24. The van der Waals surface area contributed by atoms with Crippen LogP contribution in [0.25, 0.3) is 0 Å². The number of carbonyl (C=O) groups is 2. The summed E-state index contributed by atoms with van der Waals surface area (Å²) < 4.78 is 5.93. The molecule has 0 aromatic heterocycles. The van der Waals surface area contributed by atoms with Crippen LogP contribution in [0.15, 0.2) is 60.8 Å². The highest BCUT2D eigenvalue weighted by molar-refractivity contribution is 5.77. The summed E-state index contributed by atoms with van der Waals surface area (Å²) in [6.07, 6.45) is 70.0. The van der Waals surface area contributed by atoms with Crippen LogP contribution < -0.4 is 5.32 Å². The number of amides is 1. The molecule has 68 heavy (non-hydrogen) atoms. The van der Waals surface area contributed by atoms with Gasteiger partial charge in [0.25, 0.3) is 0 Å². The van der Waals surface area contributed by atoms with Crippen molar-refractivity contribution in [3.05, 3.63) is 60.8 Å². The van der Waals surface area contributed by atoms with Gasteiger partial charge in [0.15, 0.2) is 0 Å². The number of unbranched alkanes of at least 4 members (excludes halogenated alkanes) is 32. The molecule has 0 bridgehead atoms. The van der Waals surface area contributed by atoms with E-state index in [-0.39, 0.29) is 24.9 Å². The molecule has 0 spiro atoms. The van der Waals surface area contributed by atoms with E-state index in [2.05, 4.69) is 86.8 Å². The first-order valence-corrected chi connectivity index (χ1v) is 29.5. The van der Waals surface area contributed by atoms with E-state index >= 15 is 0 Å². The molecule has 396 valence electrons. The van der Waals surface area contributed by atoms with E-state index in [1.165, 1.54) is 173 Å². The average Bonchev–Trinajstić information content (AvgIpc) is 3.33. The molecule has 0 saturated heterocycles. The van der Waals surface area contributed by atoms with Crippen LogP contribution in [0.1, 0.15) is 297 Å². The Morgan fingerprint density at radius 3 is 1.28 bits per heavy atom. The summed E-state index contributed by atoms with van der Waals surface area (Å²) in [5.74, 6) is -0.528. The number of hydrogen-bond acceptors (Lipinski definition) is 5. The Morgan fingerprint density at radius 2 is 0.809 bits per heavy atom. The second-order valence-electron chi connectivity index (χ2n) is 20.1. The van der Waals surface area contributed by atoms with E-state index < -0.39 is 18.2 Å². The number of ether oxygens (including phenoxy) is 1. The third-order valence-electron chi connectivity index (χ3n) is 13.3. The van der Waals surface area contributed by atoms with Crippen molar-refractivity contribution in [2.45, 2.75) is 315 Å². The Hall–Kier alpha value is -2.44. The first-order valence-electron chi connectivity index (χ1n) is 29.5. The van der Waals surface area contributed by atoms with Gasteiger partial charge in [-0.1, -0.05) is 261 Å². The fourth-order valence-electron chi connectivity index (χ4n) is 8.85. The maximum atomic E-state index is 13.3. The number of nitrogens with one attached hydrogen (secondary N) is 1. The van der Waals surface area contributed by atoms with Crippen LogP contribution in [0.5, 0.6) is 0 Å². The highest BCUT2D eigenvalue weighted by Gasteiger charge is 2.24. The SMILES string of the molecule is CCCCC/C=C\C/C=C\C/C=C\CCCCCCCCC(=O)OC(CCC/C=C/C=C/CCCCCCCCC)CC(=O)NC(CO)C(O)CCCCCCCCCCCCCCCCCC. The maximum Gasteiger partial charge on any atom is 0.306 e. The van der Waals surface area contributed by atoms with E-state index in [4.69, 9.17) is 4.74 Å². The zero-order chi connectivity index (χ0) is 49.5. The lowest BCUT2D eigenvalue weighted by molar-refractivity contribution is -0.151. The minimum atomic E-state index is -0.804. The van der Waals surface area contributed by atoms with Gasteiger partial charge in [0.05, 0.1) is 25.2 Å². The van der Waals surface area contributed by atoms with Crippen molar-refractivity contribution in [3.8, 4) is 0 Å². The van der Waals surface area contributed by atoms with Gasteiger partial charge in [-0.25, -0.2) is 0 Å². The highest BCUT2D eigenvalue weighted by Crippen LogP contribution is 2.18. The normalized spacial score (nSPS) is 13.5. The van der Waals surface area contributed by atoms with Gasteiger partial charge in [-0.05, 0) is 83.5 Å². The van der Waals surface area contributed by atoms with E-state index in [0.717, 1.165) is 77.0 Å². The molecular weight excluding hydrogens is 839 g/mol. The number of esters is 1. The molecule has 0 rings (SSSR count). The first-order chi connectivity index (χ1) is 33.5. The van der Waals surface area contributed by atoms with Crippen molar-refractivity contribution < 1.29 is 24.5 Å². The molecule has 0 radical (unpaired) electrons. The number of rotatable bonds is 53. The zero-order valence-electron chi connectivity index (χ0n) is 45.2. The second-order valence-corrected chi connectivity index (χ2v) is 20.1. The molecule has 0 aliphatic heterocycles. The number of carbonyl (C=O) groups excluding carboxylic acids is 2. The summed E-state index contributed by atoms with van der Waals surface area (Å²) in [5, 5.41) is 23.9. The summed E-state index contributed by atoms with van der Waals surface area (Å²) in [4.78, 5) is 26.3. The summed E-state index contributed by atoms with van der Waals surface area (Å²) in [6, 6.07) is -0.721. The Labute approximate surface area is 422 Å². The first kappa shape index (κ1) is 65.6. The fraction of sp³-hybridized carbons (Fsp3) is 0.806. The third-order valence-corrected chi connectivity index (χ3v) is 13.3. The molecule has 6 nitrogen and oxygen atoms in total. The molecule has 0 aliphatic rings. The minimum absolute atomic E-state index is 0.0390. The number of allylic oxidation sites excluding steroid dienone is 10. The molecule has 1 amide bonds. The topological polar surface area (TPSA) is 95.9 Å². The molecule has 3 N–H and O–H groups in total. The predicted octanol–water partition coefficient (Wildman–Crippen LogP) is 18.4. The quantitative estimate of drug-likeness (QED) is 0.0244. The van der Waals surface area contributed by atoms with Crippen molar-refractivity contribution in [2.24, 2.45) is 0 Å². The molecule has 0 aliphatic carbocycles. The predicted molar refractivity (Wildman–Crippen MR) is 296 cm³/mol. The van der Waals surface area contributed by atoms with Crippen molar-refractivity contribution in [2.75, 3.05) is 6.61 Å². The van der Waals surface area contributed by atoms with Crippen LogP contribution in [-0.4, -0.2) is 46.9 Å². The van der Waals surface area contributed by atoms with Gasteiger partial charge in [-0.15, -0.1) is 0 Å². The molecule has 0 heterocycles. The number of aliphatic hydroxyl groups is 2. The molecule has 6 heteroatoms. The number of aliphatic hydroxyl groups excluding tert-OH is 2. The molecule has 0 aromatic carbocycles. The highest BCUT2D eigenvalue weighted by atomic mass is 16.5. The maximum absolute atomic E-state index is 13.3. The van der Waals surface area contributed by atoms with E-state index in [0.29, 0.717) is 19.3 Å². The van der Waals surface area contributed by atoms with Gasteiger partial charge in [-0.3, -0.25) is 9.59 Å². The summed E-state index contributed by atoms with van der Waals surface area (Å²) in [5.41, 5.74) is 0. The Balaban J connectivity index is 4.59. The Bertz CT molecular complexity index is 1210. The fourth-order valence-corrected chi connectivity index (χ4v) is 8.85. The molecule has 3 atom stereocenters. The van der Waals surface area contributed by atoms with Crippen molar-refractivity contribution in [3.63, 3.8) is 0 Å². The van der Waals surface area contributed by atoms with Crippen LogP contribution in [0.4, 0.5) is 0 Å². The lowest BCUT2D eigenvalue weighted by atomic mass is 10.0. The van der Waals surface area contributed by atoms with Gasteiger partial charge < -0.3 is 20.3 Å². The monoisotopic (exact) mass is 952 g/mol. The summed E-state index contributed by atoms with van der Waals surface area (Å²) in [7, 11) is 0. The largest absolute Gasteiger partial charge is 0.462 e. The van der Waals surface area contributed by atoms with Gasteiger partial charge in [-0.2, -0.15) is 0 Å². The van der Waals surface area contributed by atoms with Gasteiger partial charge >= 0.3 is 5.97 Å². The standard InChI is InChI=1S/C62H113NO5/c1-4-7-10-13-16-19-22-25-28-30-31-32-34-37-40-43-46-49-52-55-62(67)68-58(53-50-47-44-41-38-35-27-24-21-18-15-12-9-6-3)56-61(66)63-59(57-64)60(65)54-51-48-45-42-39-36-33-29-26-23-20-17-14-11-8-5-2/h16,19,25,28,31-32,35,38,41,44,58-60,64-65H,4-15,17-18,20-24,26-27,29-30,33-34,36-37,39-40,42-43,45-57H2,1-3H3,(H,63,66)/b19-16-,28-25-,32-31-,38-35+,44-41+. The van der Waals surface area contributed by atoms with Crippen molar-refractivity contribution in [1.29, 1.82) is 0 Å². The second kappa shape index (κ2) is 55.5. The summed E-state index contributed by atoms with van der Waals surface area (Å²) in [6.45, 7) is 6.46. The van der Waals surface area contributed by atoms with Crippen molar-refractivity contribution >= 4 is 11.9 Å². The Morgan fingerprint density at radius 1 is 0.441 bits per heavy atom. The van der Waals surface area contributed by atoms with Crippen LogP contribution in [0, 0.1) is 0 Å². The zero-order valence-corrected chi connectivity index (χ0v) is 45.2. The number of hydrogen-bond donors (Lipinski definition) is 3. The van der Waals surface area contributed by atoms with Crippen LogP contribution >= 0.6 is 0 Å². The van der Waals surface area contributed by atoms with E-state index in [1.807, 2.05) is 0 Å². The van der Waals surface area contributed by atoms with Crippen LogP contribution in [0.3, 0.4) is 0 Å². The molecule has 0 fully saturated rings. The molecule has 3 unspecified atom stereocenters. The molecule has 0 aromatic rings. The van der Waals surface area contributed by atoms with E-state index in [9.17, 15) is 19.8 Å².